The van der Waals surface area contributed by atoms with Crippen molar-refractivity contribution in [2.24, 2.45) is 5.92 Å². The first-order valence-electron chi connectivity index (χ1n) is 7.21. The number of amides is 1. The Hall–Kier alpha value is -1.02. The summed E-state index contributed by atoms with van der Waals surface area (Å²) < 4.78 is 0. The van der Waals surface area contributed by atoms with Crippen LogP contribution in [0.25, 0.3) is 0 Å². The first-order chi connectivity index (χ1) is 9.33. The maximum Gasteiger partial charge on any atom is 0.227 e. The van der Waals surface area contributed by atoms with Gasteiger partial charge in [-0.25, -0.2) is 0 Å². The molecule has 1 N–H and O–H groups in total. The van der Waals surface area contributed by atoms with Crippen LogP contribution in [-0.2, 0) is 4.79 Å². The van der Waals surface area contributed by atoms with Gasteiger partial charge in [-0.1, -0.05) is 49.6 Å². The van der Waals surface area contributed by atoms with Crippen molar-refractivity contribution in [3.8, 4) is 0 Å². The molecule has 0 spiro atoms. The molecule has 1 amide bonds. The zero-order valence-corrected chi connectivity index (χ0v) is 12.0. The molecule has 0 saturated heterocycles. The van der Waals surface area contributed by atoms with E-state index in [2.05, 4.69) is 17.4 Å². The summed E-state index contributed by atoms with van der Waals surface area (Å²) >= 11 is 5.67. The van der Waals surface area contributed by atoms with Crippen LogP contribution in [-0.4, -0.2) is 18.3 Å². The summed E-state index contributed by atoms with van der Waals surface area (Å²) in [5.41, 5.74) is 1.14. The second kappa shape index (κ2) is 7.54. The summed E-state index contributed by atoms with van der Waals surface area (Å²) in [4.78, 5) is 12.4. The van der Waals surface area contributed by atoms with E-state index in [-0.39, 0.29) is 11.8 Å². The van der Waals surface area contributed by atoms with E-state index in [0.717, 1.165) is 18.4 Å². The Kier molecular flexibility index (Phi) is 5.71. The van der Waals surface area contributed by atoms with Gasteiger partial charge in [0.05, 0.1) is 5.92 Å². The fraction of sp³-hybridized carbons (Fsp3) is 0.562. The van der Waals surface area contributed by atoms with E-state index in [4.69, 9.17) is 11.6 Å². The second-order valence-corrected chi connectivity index (χ2v) is 5.64. The zero-order chi connectivity index (χ0) is 13.5. The minimum Gasteiger partial charge on any atom is -0.354 e. The van der Waals surface area contributed by atoms with Crippen molar-refractivity contribution in [2.45, 2.75) is 38.0 Å². The normalized spacial score (nSPS) is 17.9. The van der Waals surface area contributed by atoms with Crippen LogP contribution in [0.2, 0.25) is 0 Å². The highest BCUT2D eigenvalue weighted by Gasteiger charge is 2.30. The van der Waals surface area contributed by atoms with Crippen LogP contribution in [0.4, 0.5) is 0 Å². The lowest BCUT2D eigenvalue weighted by atomic mass is 9.76. The Labute approximate surface area is 120 Å². The molecule has 0 unspecified atom stereocenters. The Bertz CT molecular complexity index is 387. The molecular formula is C16H22ClNO. The molecule has 1 aliphatic rings. The molecule has 2 nitrogen and oxygen atoms in total. The Morgan fingerprint density at radius 2 is 1.89 bits per heavy atom. The highest BCUT2D eigenvalue weighted by molar-refractivity contribution is 6.18. The molecule has 104 valence electrons. The molecule has 1 atom stereocenters. The lowest BCUT2D eigenvalue weighted by Gasteiger charge is -2.29. The Morgan fingerprint density at radius 1 is 1.21 bits per heavy atom. The van der Waals surface area contributed by atoms with E-state index in [9.17, 15) is 4.79 Å². The maximum absolute atomic E-state index is 12.4. The SMILES string of the molecule is O=C(NCCCl)[C@@H](c1ccccc1)C1CCCCC1. The van der Waals surface area contributed by atoms with E-state index in [1.54, 1.807) is 0 Å². The summed E-state index contributed by atoms with van der Waals surface area (Å²) in [6.07, 6.45) is 6.12. The van der Waals surface area contributed by atoms with Gasteiger partial charge in [-0.2, -0.15) is 0 Å². The average molecular weight is 280 g/mol. The van der Waals surface area contributed by atoms with Crippen molar-refractivity contribution in [3.63, 3.8) is 0 Å². The molecule has 1 saturated carbocycles. The number of hydrogen-bond acceptors (Lipinski definition) is 1. The predicted molar refractivity (Wildman–Crippen MR) is 79.5 cm³/mol. The fourth-order valence-electron chi connectivity index (χ4n) is 3.05. The van der Waals surface area contributed by atoms with E-state index in [1.165, 1.54) is 19.3 Å². The lowest BCUT2D eigenvalue weighted by Crippen LogP contribution is -2.35. The van der Waals surface area contributed by atoms with Crippen LogP contribution in [0.3, 0.4) is 0 Å². The van der Waals surface area contributed by atoms with E-state index >= 15 is 0 Å². The predicted octanol–water partition coefficient (Wildman–Crippen LogP) is 3.71. The minimum absolute atomic E-state index is 0.00952. The minimum atomic E-state index is -0.00952. The van der Waals surface area contributed by atoms with E-state index in [1.807, 2.05) is 18.2 Å². The summed E-state index contributed by atoms with van der Waals surface area (Å²) in [5, 5.41) is 2.96. The van der Waals surface area contributed by atoms with Crippen LogP contribution >= 0.6 is 11.6 Å². The van der Waals surface area contributed by atoms with Crippen molar-refractivity contribution >= 4 is 17.5 Å². The van der Waals surface area contributed by atoms with Gasteiger partial charge in [-0.15, -0.1) is 11.6 Å². The third-order valence-electron chi connectivity index (χ3n) is 3.96. The highest BCUT2D eigenvalue weighted by Crippen LogP contribution is 2.36. The molecule has 0 aromatic heterocycles. The van der Waals surface area contributed by atoms with E-state index in [0.29, 0.717) is 18.3 Å². The molecule has 3 heteroatoms. The van der Waals surface area contributed by atoms with Crippen LogP contribution < -0.4 is 5.32 Å². The zero-order valence-electron chi connectivity index (χ0n) is 11.3. The quantitative estimate of drug-likeness (QED) is 0.818. The number of rotatable bonds is 5. The number of benzene rings is 1. The van der Waals surface area contributed by atoms with E-state index < -0.39 is 0 Å². The first kappa shape index (κ1) is 14.4. The third kappa shape index (κ3) is 3.97. The summed E-state index contributed by atoms with van der Waals surface area (Å²) in [6.45, 7) is 0.552. The summed E-state index contributed by atoms with van der Waals surface area (Å²) in [7, 11) is 0. The van der Waals surface area contributed by atoms with Gasteiger partial charge in [0, 0.05) is 12.4 Å². The van der Waals surface area contributed by atoms with Crippen molar-refractivity contribution in [1.29, 1.82) is 0 Å². The molecule has 2 rings (SSSR count). The van der Waals surface area contributed by atoms with Crippen molar-refractivity contribution in [2.75, 3.05) is 12.4 Å². The fourth-order valence-corrected chi connectivity index (χ4v) is 3.14. The lowest BCUT2D eigenvalue weighted by molar-refractivity contribution is -0.124. The smallest absolute Gasteiger partial charge is 0.227 e. The Balaban J connectivity index is 2.14. The van der Waals surface area contributed by atoms with Gasteiger partial charge in [-0.3, -0.25) is 4.79 Å². The third-order valence-corrected chi connectivity index (χ3v) is 4.15. The Morgan fingerprint density at radius 3 is 2.53 bits per heavy atom. The second-order valence-electron chi connectivity index (χ2n) is 5.27. The number of alkyl halides is 1. The number of carbonyl (C=O) groups excluding carboxylic acids is 1. The van der Waals surface area contributed by atoms with Gasteiger partial charge >= 0.3 is 0 Å². The van der Waals surface area contributed by atoms with Crippen molar-refractivity contribution < 1.29 is 4.79 Å². The molecule has 1 aliphatic carbocycles. The maximum atomic E-state index is 12.4. The molecule has 0 aliphatic heterocycles. The molecule has 0 heterocycles. The standard InChI is InChI=1S/C16H22ClNO/c17-11-12-18-16(19)15(13-7-3-1-4-8-13)14-9-5-2-6-10-14/h1,3-4,7-8,14-15H,2,5-6,9-12H2,(H,18,19)/t15-/m0/s1. The molecule has 0 bridgehead atoms. The molecule has 0 radical (unpaired) electrons. The van der Waals surface area contributed by atoms with Crippen molar-refractivity contribution in [3.05, 3.63) is 35.9 Å². The topological polar surface area (TPSA) is 29.1 Å². The first-order valence-corrected chi connectivity index (χ1v) is 7.75. The van der Waals surface area contributed by atoms with Crippen LogP contribution in [0.1, 0.15) is 43.6 Å². The largest absolute Gasteiger partial charge is 0.354 e. The molecule has 1 aromatic carbocycles. The van der Waals surface area contributed by atoms with Gasteiger partial charge in [0.15, 0.2) is 0 Å². The molecule has 1 fully saturated rings. The van der Waals surface area contributed by atoms with Gasteiger partial charge < -0.3 is 5.32 Å². The van der Waals surface area contributed by atoms with Crippen LogP contribution in [0, 0.1) is 5.92 Å². The monoisotopic (exact) mass is 279 g/mol. The van der Waals surface area contributed by atoms with Gasteiger partial charge in [0.25, 0.3) is 0 Å². The number of carbonyl (C=O) groups is 1. The van der Waals surface area contributed by atoms with Gasteiger partial charge in [0.1, 0.15) is 0 Å². The summed E-state index contributed by atoms with van der Waals surface area (Å²) in [6, 6.07) is 10.2. The molecule has 1 aromatic rings. The molecule has 19 heavy (non-hydrogen) atoms. The highest BCUT2D eigenvalue weighted by atomic mass is 35.5. The van der Waals surface area contributed by atoms with Crippen LogP contribution in [0.15, 0.2) is 30.3 Å². The summed E-state index contributed by atoms with van der Waals surface area (Å²) in [5.74, 6) is 1.08. The van der Waals surface area contributed by atoms with Gasteiger partial charge in [0.2, 0.25) is 5.91 Å². The average Bonchev–Trinajstić information content (AvgIpc) is 2.47. The molecular weight excluding hydrogens is 258 g/mol. The number of halogens is 1. The van der Waals surface area contributed by atoms with Crippen LogP contribution in [0.5, 0.6) is 0 Å². The number of nitrogens with one attached hydrogen (secondary N) is 1. The number of hydrogen-bond donors (Lipinski definition) is 1. The van der Waals surface area contributed by atoms with Crippen molar-refractivity contribution in [1.82, 2.24) is 5.32 Å². The van der Waals surface area contributed by atoms with Gasteiger partial charge in [-0.05, 0) is 24.3 Å².